The van der Waals surface area contributed by atoms with Crippen LogP contribution in [0.4, 0.5) is 0 Å². The monoisotopic (exact) mass is 217 g/mol. The van der Waals surface area contributed by atoms with Crippen molar-refractivity contribution in [2.45, 2.75) is 13.8 Å². The molecule has 1 aliphatic rings. The van der Waals surface area contributed by atoms with E-state index in [1.807, 2.05) is 13.8 Å². The van der Waals surface area contributed by atoms with E-state index in [-0.39, 0.29) is 11.4 Å². The molecule has 0 saturated carbocycles. The van der Waals surface area contributed by atoms with Gasteiger partial charge in [-0.2, -0.15) is 0 Å². The molecular formula is C9H19NO3Si. The average Bonchev–Trinajstić information content (AvgIpc) is 2.17. The quantitative estimate of drug-likeness (QED) is 0.578. The molecule has 4 nitrogen and oxygen atoms in total. The lowest BCUT2D eigenvalue weighted by atomic mass is 9.93. The fourth-order valence-electron chi connectivity index (χ4n) is 1.66. The maximum absolute atomic E-state index is 11.5. The van der Waals surface area contributed by atoms with Crippen molar-refractivity contribution in [3.8, 4) is 0 Å². The summed E-state index contributed by atoms with van der Waals surface area (Å²) in [6.45, 7) is 8.00. The number of rotatable bonds is 3. The maximum Gasteiger partial charge on any atom is 0.298 e. The van der Waals surface area contributed by atoms with Gasteiger partial charge in [0.05, 0.1) is 18.6 Å². The fraction of sp³-hybridized carbons (Fsp3) is 0.889. The van der Waals surface area contributed by atoms with Gasteiger partial charge in [-0.15, -0.1) is 0 Å². The Kier molecular flexibility index (Phi) is 4.09. The first kappa shape index (κ1) is 11.7. The van der Waals surface area contributed by atoms with Crippen LogP contribution in [0.15, 0.2) is 0 Å². The van der Waals surface area contributed by atoms with Crippen molar-refractivity contribution in [2.75, 3.05) is 32.8 Å². The predicted molar refractivity (Wildman–Crippen MR) is 57.1 cm³/mol. The van der Waals surface area contributed by atoms with Crippen molar-refractivity contribution in [3.63, 3.8) is 0 Å². The zero-order chi connectivity index (χ0) is 10.6. The molecule has 0 aromatic rings. The van der Waals surface area contributed by atoms with Crippen molar-refractivity contribution >= 4 is 16.5 Å². The van der Waals surface area contributed by atoms with Gasteiger partial charge in [0, 0.05) is 19.6 Å². The van der Waals surface area contributed by atoms with E-state index in [4.69, 9.17) is 9.16 Å². The highest BCUT2D eigenvalue weighted by Gasteiger charge is 2.31. The van der Waals surface area contributed by atoms with Crippen molar-refractivity contribution < 1.29 is 14.0 Å². The summed E-state index contributed by atoms with van der Waals surface area (Å²) in [4.78, 5) is 13.7. The van der Waals surface area contributed by atoms with E-state index in [0.29, 0.717) is 10.5 Å². The molecule has 1 fully saturated rings. The largest absolute Gasteiger partial charge is 0.528 e. The average molecular weight is 217 g/mol. The van der Waals surface area contributed by atoms with Gasteiger partial charge in [0.25, 0.3) is 5.97 Å². The second kappa shape index (κ2) is 4.91. The smallest absolute Gasteiger partial charge is 0.298 e. The van der Waals surface area contributed by atoms with Crippen molar-refractivity contribution in [1.29, 1.82) is 0 Å². The lowest BCUT2D eigenvalue weighted by Crippen LogP contribution is -2.45. The second-order valence-electron chi connectivity index (χ2n) is 4.26. The first-order chi connectivity index (χ1) is 6.56. The minimum atomic E-state index is -0.390. The van der Waals surface area contributed by atoms with E-state index in [2.05, 4.69) is 4.90 Å². The van der Waals surface area contributed by atoms with Gasteiger partial charge in [0.15, 0.2) is 0 Å². The fourth-order valence-corrected chi connectivity index (χ4v) is 2.21. The van der Waals surface area contributed by atoms with Crippen molar-refractivity contribution in [2.24, 2.45) is 5.41 Å². The third kappa shape index (κ3) is 3.08. The molecule has 0 spiro atoms. The number of nitrogens with zero attached hydrogens (tertiary/aromatic N) is 1. The molecule has 1 saturated heterocycles. The predicted octanol–water partition coefficient (Wildman–Crippen LogP) is -0.832. The molecule has 0 N–H and O–H groups in total. The van der Waals surface area contributed by atoms with Gasteiger partial charge < -0.3 is 9.16 Å². The maximum atomic E-state index is 11.5. The van der Waals surface area contributed by atoms with Crippen LogP contribution in [-0.4, -0.2) is 54.2 Å². The Bertz CT molecular complexity index is 202. The molecule has 0 aliphatic carbocycles. The lowest BCUT2D eigenvalue weighted by Gasteiger charge is -2.33. The van der Waals surface area contributed by atoms with Crippen LogP contribution in [0.1, 0.15) is 13.8 Å². The summed E-state index contributed by atoms with van der Waals surface area (Å²) >= 11 is 0. The summed E-state index contributed by atoms with van der Waals surface area (Å²) in [5.74, 6) is -0.0874. The van der Waals surface area contributed by atoms with E-state index < -0.39 is 0 Å². The zero-order valence-electron chi connectivity index (χ0n) is 9.21. The summed E-state index contributed by atoms with van der Waals surface area (Å²) < 4.78 is 10.1. The summed E-state index contributed by atoms with van der Waals surface area (Å²) in [6, 6.07) is 0. The molecule has 5 heteroatoms. The molecule has 14 heavy (non-hydrogen) atoms. The number of morpholine rings is 1. The number of hydrogen-bond acceptors (Lipinski definition) is 4. The van der Waals surface area contributed by atoms with Crippen LogP contribution in [0.25, 0.3) is 0 Å². The first-order valence-corrected chi connectivity index (χ1v) is 5.76. The normalized spacial score (nSPS) is 19.6. The molecular weight excluding hydrogens is 198 g/mol. The van der Waals surface area contributed by atoms with Crippen LogP contribution in [0.2, 0.25) is 0 Å². The highest BCUT2D eigenvalue weighted by Crippen LogP contribution is 2.19. The SMILES string of the molecule is CC(C)(CN1CCOCC1)C(=O)O[SiH3]. The number of hydrogen-bond donors (Lipinski definition) is 0. The van der Waals surface area contributed by atoms with Crippen LogP contribution in [-0.2, 0) is 14.0 Å². The molecule has 0 radical (unpaired) electrons. The van der Waals surface area contributed by atoms with E-state index in [0.717, 1.165) is 32.8 Å². The molecule has 82 valence electrons. The van der Waals surface area contributed by atoms with Crippen molar-refractivity contribution in [1.82, 2.24) is 4.90 Å². The number of carbonyl (C=O) groups excluding carboxylic acids is 1. The van der Waals surface area contributed by atoms with Crippen LogP contribution in [0.3, 0.4) is 0 Å². The van der Waals surface area contributed by atoms with E-state index >= 15 is 0 Å². The highest BCUT2D eigenvalue weighted by atomic mass is 28.2. The van der Waals surface area contributed by atoms with Crippen molar-refractivity contribution in [3.05, 3.63) is 0 Å². The molecule has 1 aliphatic heterocycles. The Labute approximate surface area is 88.1 Å². The molecule has 0 unspecified atom stereocenters. The molecule has 1 rings (SSSR count). The van der Waals surface area contributed by atoms with Gasteiger partial charge in [-0.25, -0.2) is 0 Å². The minimum Gasteiger partial charge on any atom is -0.528 e. The third-order valence-corrected chi connectivity index (χ3v) is 2.83. The Morgan fingerprint density at radius 1 is 1.50 bits per heavy atom. The Balaban J connectivity index is 2.44. The summed E-state index contributed by atoms with van der Waals surface area (Å²) in [6.07, 6.45) is 0. The zero-order valence-corrected chi connectivity index (χ0v) is 11.2. The Morgan fingerprint density at radius 2 is 2.07 bits per heavy atom. The van der Waals surface area contributed by atoms with Crippen LogP contribution >= 0.6 is 0 Å². The highest BCUT2D eigenvalue weighted by molar-refractivity contribution is 6.06. The standard InChI is InChI=1S/C9H19NO3Si/c1-9(2,8(11)13-14)7-10-3-5-12-6-4-10/h3-7H2,1-2,14H3. The topological polar surface area (TPSA) is 38.8 Å². The first-order valence-electron chi connectivity index (χ1n) is 4.95. The molecule has 1 heterocycles. The van der Waals surface area contributed by atoms with Crippen LogP contribution < -0.4 is 0 Å². The molecule has 0 atom stereocenters. The minimum absolute atomic E-state index is 0.0874. The van der Waals surface area contributed by atoms with Gasteiger partial charge in [0.2, 0.25) is 10.5 Å². The summed E-state index contributed by atoms with van der Waals surface area (Å²) in [7, 11) is 0.479. The molecule has 0 aromatic carbocycles. The number of ether oxygens (including phenoxy) is 1. The van der Waals surface area contributed by atoms with Gasteiger partial charge >= 0.3 is 0 Å². The van der Waals surface area contributed by atoms with E-state index in [1.54, 1.807) is 0 Å². The molecule has 0 amide bonds. The molecule has 0 bridgehead atoms. The Morgan fingerprint density at radius 3 is 2.57 bits per heavy atom. The lowest BCUT2D eigenvalue weighted by molar-refractivity contribution is -0.145. The number of carbonyl (C=O) groups is 1. The Hall–Kier alpha value is -0.393. The van der Waals surface area contributed by atoms with Gasteiger partial charge in [-0.3, -0.25) is 9.69 Å². The van der Waals surface area contributed by atoms with Crippen LogP contribution in [0.5, 0.6) is 0 Å². The van der Waals surface area contributed by atoms with Gasteiger partial charge in [-0.1, -0.05) is 0 Å². The summed E-state index contributed by atoms with van der Waals surface area (Å²) in [5.41, 5.74) is -0.390. The van der Waals surface area contributed by atoms with E-state index in [9.17, 15) is 4.79 Å². The van der Waals surface area contributed by atoms with Gasteiger partial charge in [0.1, 0.15) is 0 Å². The van der Waals surface area contributed by atoms with E-state index in [1.165, 1.54) is 0 Å². The van der Waals surface area contributed by atoms with Crippen LogP contribution in [0, 0.1) is 5.41 Å². The second-order valence-corrected chi connectivity index (χ2v) is 4.67. The van der Waals surface area contributed by atoms with Gasteiger partial charge in [-0.05, 0) is 13.8 Å². The third-order valence-electron chi connectivity index (χ3n) is 2.46. The molecule has 0 aromatic heterocycles. The summed E-state index contributed by atoms with van der Waals surface area (Å²) in [5, 5.41) is 0.